The highest BCUT2D eigenvalue weighted by Gasteiger charge is 2.15. The van der Waals surface area contributed by atoms with Gasteiger partial charge in [0, 0.05) is 23.4 Å². The first-order chi connectivity index (χ1) is 9.88. The van der Waals surface area contributed by atoms with Crippen molar-refractivity contribution in [2.24, 2.45) is 0 Å². The molecule has 108 valence electrons. The van der Waals surface area contributed by atoms with Gasteiger partial charge in [0.1, 0.15) is 5.82 Å². The van der Waals surface area contributed by atoms with Crippen molar-refractivity contribution in [3.8, 4) is 0 Å². The van der Waals surface area contributed by atoms with Gasteiger partial charge in [0.15, 0.2) is 0 Å². The second-order valence-corrected chi connectivity index (χ2v) is 5.19. The Morgan fingerprint density at radius 1 is 1.29 bits per heavy atom. The van der Waals surface area contributed by atoms with E-state index in [1.54, 1.807) is 6.92 Å². The molecule has 0 atom stereocenters. The van der Waals surface area contributed by atoms with Crippen LogP contribution in [0.15, 0.2) is 40.9 Å². The minimum atomic E-state index is -0.565. The Bertz CT molecular complexity index is 734. The van der Waals surface area contributed by atoms with E-state index in [0.717, 1.165) is 0 Å². The van der Waals surface area contributed by atoms with E-state index in [2.05, 4.69) is 21.2 Å². The zero-order chi connectivity index (χ0) is 15.6. The van der Waals surface area contributed by atoms with Gasteiger partial charge >= 0.3 is 0 Å². The first-order valence-electron chi connectivity index (χ1n) is 5.90. The fourth-order valence-corrected chi connectivity index (χ4v) is 2.12. The van der Waals surface area contributed by atoms with Crippen LogP contribution in [0.25, 0.3) is 0 Å². The molecule has 2 aromatic rings. The van der Waals surface area contributed by atoms with Gasteiger partial charge in [-0.3, -0.25) is 14.9 Å². The van der Waals surface area contributed by atoms with Crippen molar-refractivity contribution in [2.75, 3.05) is 5.32 Å². The van der Waals surface area contributed by atoms with Crippen LogP contribution in [0.2, 0.25) is 0 Å². The third-order valence-corrected chi connectivity index (χ3v) is 3.46. The molecule has 0 aliphatic heterocycles. The van der Waals surface area contributed by atoms with Crippen LogP contribution in [0.5, 0.6) is 0 Å². The van der Waals surface area contributed by atoms with E-state index in [1.807, 2.05) is 0 Å². The zero-order valence-electron chi connectivity index (χ0n) is 10.9. The van der Waals surface area contributed by atoms with Crippen LogP contribution in [0.1, 0.15) is 15.9 Å². The molecule has 0 fully saturated rings. The number of hydrogen-bond acceptors (Lipinski definition) is 3. The van der Waals surface area contributed by atoms with E-state index in [0.29, 0.717) is 11.3 Å². The number of nitro groups is 1. The number of rotatable bonds is 3. The van der Waals surface area contributed by atoms with Gasteiger partial charge in [0.25, 0.3) is 11.6 Å². The molecular weight excluding hydrogens is 343 g/mol. The summed E-state index contributed by atoms with van der Waals surface area (Å²) in [6.07, 6.45) is 0. The Kier molecular flexibility index (Phi) is 4.32. The molecule has 1 N–H and O–H groups in total. The number of carbonyl (C=O) groups is 1. The molecule has 2 aromatic carbocycles. The topological polar surface area (TPSA) is 72.2 Å². The van der Waals surface area contributed by atoms with E-state index in [1.165, 1.54) is 36.4 Å². The van der Waals surface area contributed by atoms with Gasteiger partial charge in [0.2, 0.25) is 0 Å². The lowest BCUT2D eigenvalue weighted by Gasteiger charge is -2.08. The lowest BCUT2D eigenvalue weighted by Crippen LogP contribution is -2.13. The Morgan fingerprint density at radius 3 is 2.62 bits per heavy atom. The zero-order valence-corrected chi connectivity index (χ0v) is 12.5. The summed E-state index contributed by atoms with van der Waals surface area (Å²) in [5, 5.41) is 13.3. The number of amides is 1. The Morgan fingerprint density at radius 2 is 2.00 bits per heavy atom. The van der Waals surface area contributed by atoms with Crippen molar-refractivity contribution in [1.82, 2.24) is 0 Å². The molecule has 0 saturated heterocycles. The van der Waals surface area contributed by atoms with Crippen molar-refractivity contribution in [3.63, 3.8) is 0 Å². The molecule has 0 heterocycles. The van der Waals surface area contributed by atoms with Crippen molar-refractivity contribution in [3.05, 3.63) is 67.9 Å². The maximum atomic E-state index is 13.1. The number of hydrogen-bond donors (Lipinski definition) is 1. The molecule has 0 saturated carbocycles. The number of anilines is 1. The van der Waals surface area contributed by atoms with E-state index < -0.39 is 16.6 Å². The largest absolute Gasteiger partial charge is 0.322 e. The maximum absolute atomic E-state index is 13.1. The molecule has 0 unspecified atom stereocenters. The molecular formula is C14H10BrFN2O3. The van der Waals surface area contributed by atoms with Crippen LogP contribution in [-0.4, -0.2) is 10.8 Å². The molecule has 0 spiro atoms. The third kappa shape index (κ3) is 3.43. The first kappa shape index (κ1) is 15.1. The molecule has 1 amide bonds. The van der Waals surface area contributed by atoms with Crippen LogP contribution in [0.4, 0.5) is 15.8 Å². The normalized spacial score (nSPS) is 10.2. The number of nitrogens with zero attached hydrogens (tertiary/aromatic N) is 1. The van der Waals surface area contributed by atoms with Gasteiger partial charge in [-0.05, 0) is 46.6 Å². The molecule has 0 radical (unpaired) electrons. The lowest BCUT2D eigenvalue weighted by molar-refractivity contribution is -0.384. The number of non-ortho nitro benzene ring substituents is 1. The van der Waals surface area contributed by atoms with Crippen LogP contribution >= 0.6 is 15.9 Å². The second-order valence-electron chi connectivity index (χ2n) is 4.34. The number of carbonyl (C=O) groups excluding carboxylic acids is 1. The van der Waals surface area contributed by atoms with E-state index >= 15 is 0 Å². The molecule has 0 aromatic heterocycles. The summed E-state index contributed by atoms with van der Waals surface area (Å²) in [6, 6.07) is 8.09. The maximum Gasteiger partial charge on any atom is 0.270 e. The Balaban J connectivity index is 2.29. The van der Waals surface area contributed by atoms with Crippen LogP contribution < -0.4 is 5.32 Å². The second kappa shape index (κ2) is 6.01. The molecule has 0 aliphatic carbocycles. The van der Waals surface area contributed by atoms with Crippen molar-refractivity contribution in [1.29, 1.82) is 0 Å². The van der Waals surface area contributed by atoms with Crippen LogP contribution in [0, 0.1) is 22.9 Å². The summed E-state index contributed by atoms with van der Waals surface area (Å²) in [7, 11) is 0. The van der Waals surface area contributed by atoms with Crippen molar-refractivity contribution in [2.45, 2.75) is 6.92 Å². The lowest BCUT2D eigenvalue weighted by atomic mass is 10.1. The molecule has 21 heavy (non-hydrogen) atoms. The van der Waals surface area contributed by atoms with Gasteiger partial charge < -0.3 is 5.32 Å². The number of aryl methyl sites for hydroxylation is 1. The number of nitrogens with one attached hydrogen (secondary N) is 1. The Labute approximate surface area is 128 Å². The minimum Gasteiger partial charge on any atom is -0.322 e. The highest BCUT2D eigenvalue weighted by atomic mass is 79.9. The highest BCUT2D eigenvalue weighted by molar-refractivity contribution is 9.10. The predicted octanol–water partition coefficient (Wildman–Crippen LogP) is 4.06. The van der Waals surface area contributed by atoms with Crippen LogP contribution in [-0.2, 0) is 0 Å². The number of benzene rings is 2. The van der Waals surface area contributed by atoms with Crippen molar-refractivity contribution < 1.29 is 14.1 Å². The SMILES string of the molecule is Cc1ccc([N+](=O)[O-])cc1C(=O)Nc1ccc(F)c(Br)c1. The average Bonchev–Trinajstić information content (AvgIpc) is 2.43. The molecule has 0 aliphatic rings. The quantitative estimate of drug-likeness (QED) is 0.668. The number of nitro benzene ring substituents is 1. The smallest absolute Gasteiger partial charge is 0.270 e. The monoisotopic (exact) mass is 352 g/mol. The van der Waals surface area contributed by atoms with Gasteiger partial charge in [-0.25, -0.2) is 4.39 Å². The van der Waals surface area contributed by atoms with Gasteiger partial charge in [-0.15, -0.1) is 0 Å². The third-order valence-electron chi connectivity index (χ3n) is 2.85. The van der Waals surface area contributed by atoms with Gasteiger partial charge in [-0.2, -0.15) is 0 Å². The summed E-state index contributed by atoms with van der Waals surface area (Å²) in [5.41, 5.74) is 1.04. The molecule has 7 heteroatoms. The van der Waals surface area contributed by atoms with Gasteiger partial charge in [-0.1, -0.05) is 6.07 Å². The molecule has 0 bridgehead atoms. The first-order valence-corrected chi connectivity index (χ1v) is 6.69. The molecule has 2 rings (SSSR count). The summed E-state index contributed by atoms with van der Waals surface area (Å²) in [5.74, 6) is -0.936. The summed E-state index contributed by atoms with van der Waals surface area (Å²) >= 11 is 3.02. The number of halogens is 2. The Hall–Kier alpha value is -2.28. The van der Waals surface area contributed by atoms with E-state index in [9.17, 15) is 19.3 Å². The highest BCUT2D eigenvalue weighted by Crippen LogP contribution is 2.22. The summed E-state index contributed by atoms with van der Waals surface area (Å²) in [4.78, 5) is 22.4. The van der Waals surface area contributed by atoms with Crippen LogP contribution in [0.3, 0.4) is 0 Å². The van der Waals surface area contributed by atoms with Crippen molar-refractivity contribution >= 4 is 33.2 Å². The fraction of sp³-hybridized carbons (Fsp3) is 0.0714. The minimum absolute atomic E-state index is 0.161. The molecule has 5 nitrogen and oxygen atoms in total. The van der Waals surface area contributed by atoms with E-state index in [4.69, 9.17) is 0 Å². The summed E-state index contributed by atoms with van der Waals surface area (Å²) < 4.78 is 13.3. The standard InChI is InChI=1S/C14H10BrFN2O3/c1-8-2-4-10(18(20)21)7-11(8)14(19)17-9-3-5-13(16)12(15)6-9/h2-7H,1H3,(H,17,19). The van der Waals surface area contributed by atoms with Gasteiger partial charge in [0.05, 0.1) is 9.40 Å². The fourth-order valence-electron chi connectivity index (χ4n) is 1.74. The predicted molar refractivity (Wildman–Crippen MR) is 79.9 cm³/mol. The van der Waals surface area contributed by atoms with E-state index in [-0.39, 0.29) is 15.7 Å². The average molecular weight is 353 g/mol. The summed E-state index contributed by atoms with van der Waals surface area (Å²) in [6.45, 7) is 1.68.